The van der Waals surface area contributed by atoms with Crippen molar-refractivity contribution in [3.63, 3.8) is 0 Å². The van der Waals surface area contributed by atoms with Gasteiger partial charge in [-0.3, -0.25) is 14.6 Å². The van der Waals surface area contributed by atoms with Crippen LogP contribution in [-0.4, -0.2) is 16.8 Å². The molecule has 3 aromatic rings. The molecule has 5 heteroatoms. The first-order valence-corrected chi connectivity index (χ1v) is 9.62. The van der Waals surface area contributed by atoms with Gasteiger partial charge in [0.2, 0.25) is 5.91 Å². The fraction of sp³-hybridized carbons (Fsp3) is 0.261. The molecule has 142 valence electrons. The molecule has 2 aromatic carbocycles. The zero-order valence-electron chi connectivity index (χ0n) is 16.1. The Morgan fingerprint density at radius 2 is 1.61 bits per heavy atom. The standard InChI is InChI=1S/C23H23N3O2/c1-14-7-12-21-19(13-14)22(18-5-3-4-6-20(18)26-21)23(28)25-17-10-8-16(9-11-17)24-15(2)27/h7-13H,3-6H2,1-2H3,(H,24,27)(H,25,28). The number of hydrogen-bond acceptors (Lipinski definition) is 3. The molecule has 1 aromatic heterocycles. The molecule has 0 bridgehead atoms. The Morgan fingerprint density at radius 1 is 0.929 bits per heavy atom. The molecule has 0 saturated heterocycles. The third-order valence-electron chi connectivity index (χ3n) is 5.11. The number of hydrogen-bond donors (Lipinski definition) is 2. The Balaban J connectivity index is 1.72. The number of carbonyl (C=O) groups excluding carboxylic acids is 2. The molecular formula is C23H23N3O2. The second-order valence-electron chi connectivity index (χ2n) is 7.35. The fourth-order valence-corrected chi connectivity index (χ4v) is 3.83. The molecule has 4 rings (SSSR count). The van der Waals surface area contributed by atoms with Crippen LogP contribution in [0.1, 0.15) is 46.9 Å². The van der Waals surface area contributed by atoms with Gasteiger partial charge in [0.25, 0.3) is 5.91 Å². The molecule has 0 unspecified atom stereocenters. The van der Waals surface area contributed by atoms with Crippen LogP contribution in [0.4, 0.5) is 11.4 Å². The summed E-state index contributed by atoms with van der Waals surface area (Å²) in [5.41, 5.74) is 6.25. The minimum atomic E-state index is -0.123. The summed E-state index contributed by atoms with van der Waals surface area (Å²) >= 11 is 0. The van der Waals surface area contributed by atoms with Crippen LogP contribution in [0.5, 0.6) is 0 Å². The van der Waals surface area contributed by atoms with Crippen LogP contribution in [-0.2, 0) is 17.6 Å². The second-order valence-corrected chi connectivity index (χ2v) is 7.35. The minimum Gasteiger partial charge on any atom is -0.326 e. The molecule has 0 atom stereocenters. The summed E-state index contributed by atoms with van der Waals surface area (Å²) < 4.78 is 0. The first-order chi connectivity index (χ1) is 13.5. The van der Waals surface area contributed by atoms with Crippen LogP contribution in [0.25, 0.3) is 10.9 Å². The van der Waals surface area contributed by atoms with E-state index < -0.39 is 0 Å². The molecule has 1 aliphatic rings. The third kappa shape index (κ3) is 3.60. The molecular weight excluding hydrogens is 350 g/mol. The van der Waals surface area contributed by atoms with Gasteiger partial charge in [-0.15, -0.1) is 0 Å². The van der Waals surface area contributed by atoms with Crippen molar-refractivity contribution in [3.8, 4) is 0 Å². The number of carbonyl (C=O) groups is 2. The van der Waals surface area contributed by atoms with Gasteiger partial charge >= 0.3 is 0 Å². The molecule has 0 radical (unpaired) electrons. The van der Waals surface area contributed by atoms with Gasteiger partial charge in [-0.2, -0.15) is 0 Å². The molecule has 28 heavy (non-hydrogen) atoms. The van der Waals surface area contributed by atoms with Crippen molar-refractivity contribution in [2.45, 2.75) is 39.5 Å². The van der Waals surface area contributed by atoms with E-state index in [1.807, 2.05) is 25.1 Å². The van der Waals surface area contributed by atoms with E-state index >= 15 is 0 Å². The van der Waals surface area contributed by atoms with Crippen molar-refractivity contribution in [1.29, 1.82) is 0 Å². The Bertz CT molecular complexity index is 1070. The smallest absolute Gasteiger partial charge is 0.256 e. The van der Waals surface area contributed by atoms with E-state index in [1.54, 1.807) is 24.3 Å². The molecule has 0 fully saturated rings. The highest BCUT2D eigenvalue weighted by atomic mass is 16.2. The van der Waals surface area contributed by atoms with Crippen molar-refractivity contribution in [1.82, 2.24) is 4.98 Å². The zero-order chi connectivity index (χ0) is 19.7. The maximum Gasteiger partial charge on any atom is 0.256 e. The van der Waals surface area contributed by atoms with Crippen molar-refractivity contribution >= 4 is 34.1 Å². The first-order valence-electron chi connectivity index (χ1n) is 9.62. The predicted octanol–water partition coefficient (Wildman–Crippen LogP) is 4.63. The average molecular weight is 373 g/mol. The number of benzene rings is 2. The minimum absolute atomic E-state index is 0.108. The number of aromatic nitrogens is 1. The highest BCUT2D eigenvalue weighted by Gasteiger charge is 2.22. The average Bonchev–Trinajstić information content (AvgIpc) is 2.67. The van der Waals surface area contributed by atoms with Gasteiger partial charge in [0, 0.05) is 29.4 Å². The molecule has 0 aliphatic heterocycles. The lowest BCUT2D eigenvalue weighted by Gasteiger charge is -2.20. The zero-order valence-corrected chi connectivity index (χ0v) is 16.1. The van der Waals surface area contributed by atoms with E-state index in [2.05, 4.69) is 10.6 Å². The highest BCUT2D eigenvalue weighted by molar-refractivity contribution is 6.13. The second kappa shape index (κ2) is 7.43. The molecule has 1 aliphatic carbocycles. The summed E-state index contributed by atoms with van der Waals surface area (Å²) in [6.07, 6.45) is 4.00. The topological polar surface area (TPSA) is 71.1 Å². The molecule has 2 N–H and O–H groups in total. The lowest BCUT2D eigenvalue weighted by atomic mass is 9.89. The number of amides is 2. The van der Waals surface area contributed by atoms with E-state index in [0.29, 0.717) is 11.4 Å². The fourth-order valence-electron chi connectivity index (χ4n) is 3.83. The Labute approximate surface area is 164 Å². The van der Waals surface area contributed by atoms with Gasteiger partial charge in [0.1, 0.15) is 0 Å². The van der Waals surface area contributed by atoms with E-state index in [4.69, 9.17) is 4.98 Å². The number of rotatable bonds is 3. The summed E-state index contributed by atoms with van der Waals surface area (Å²) in [5.74, 6) is -0.231. The van der Waals surface area contributed by atoms with E-state index in [0.717, 1.165) is 59.0 Å². The highest BCUT2D eigenvalue weighted by Crippen LogP contribution is 2.30. The van der Waals surface area contributed by atoms with Crippen LogP contribution >= 0.6 is 0 Å². The first kappa shape index (κ1) is 18.2. The quantitative estimate of drug-likeness (QED) is 0.703. The largest absolute Gasteiger partial charge is 0.326 e. The predicted molar refractivity (Wildman–Crippen MR) is 112 cm³/mol. The van der Waals surface area contributed by atoms with Crippen molar-refractivity contribution < 1.29 is 9.59 Å². The maximum absolute atomic E-state index is 13.3. The van der Waals surface area contributed by atoms with Gasteiger partial charge in [-0.1, -0.05) is 11.6 Å². The van der Waals surface area contributed by atoms with Crippen molar-refractivity contribution in [2.24, 2.45) is 0 Å². The summed E-state index contributed by atoms with van der Waals surface area (Å²) in [7, 11) is 0. The van der Waals surface area contributed by atoms with Gasteiger partial charge in [-0.05, 0) is 74.6 Å². The van der Waals surface area contributed by atoms with E-state index in [-0.39, 0.29) is 11.8 Å². The Hall–Kier alpha value is -3.21. The van der Waals surface area contributed by atoms with E-state index in [1.165, 1.54) is 6.92 Å². The van der Waals surface area contributed by atoms with Crippen LogP contribution in [0.2, 0.25) is 0 Å². The van der Waals surface area contributed by atoms with Crippen molar-refractivity contribution in [2.75, 3.05) is 10.6 Å². The Morgan fingerprint density at radius 3 is 2.32 bits per heavy atom. The van der Waals surface area contributed by atoms with Crippen LogP contribution in [0.15, 0.2) is 42.5 Å². The molecule has 2 amide bonds. The number of aryl methyl sites for hydroxylation is 2. The summed E-state index contributed by atoms with van der Waals surface area (Å²) in [6.45, 7) is 3.50. The lowest BCUT2D eigenvalue weighted by Crippen LogP contribution is -2.19. The Kier molecular flexibility index (Phi) is 4.82. The SMILES string of the molecule is CC(=O)Nc1ccc(NC(=O)c2c3c(nc4ccc(C)cc24)CCCC3)cc1. The molecule has 1 heterocycles. The monoisotopic (exact) mass is 373 g/mol. The summed E-state index contributed by atoms with van der Waals surface area (Å²) in [4.78, 5) is 29.3. The number of nitrogens with one attached hydrogen (secondary N) is 2. The van der Waals surface area contributed by atoms with Gasteiger partial charge < -0.3 is 10.6 Å². The number of fused-ring (bicyclic) bond motifs is 2. The van der Waals surface area contributed by atoms with Gasteiger partial charge in [-0.25, -0.2) is 0 Å². The molecule has 5 nitrogen and oxygen atoms in total. The number of nitrogens with zero attached hydrogens (tertiary/aromatic N) is 1. The van der Waals surface area contributed by atoms with Crippen molar-refractivity contribution in [3.05, 3.63) is 64.8 Å². The number of pyridine rings is 1. The molecule has 0 spiro atoms. The normalized spacial score (nSPS) is 13.1. The summed E-state index contributed by atoms with van der Waals surface area (Å²) in [5, 5.41) is 6.66. The van der Waals surface area contributed by atoms with Gasteiger partial charge in [0.05, 0.1) is 11.1 Å². The van der Waals surface area contributed by atoms with Crippen LogP contribution in [0.3, 0.4) is 0 Å². The maximum atomic E-state index is 13.3. The van der Waals surface area contributed by atoms with Gasteiger partial charge in [0.15, 0.2) is 0 Å². The lowest BCUT2D eigenvalue weighted by molar-refractivity contribution is -0.114. The molecule has 0 saturated carbocycles. The number of anilines is 2. The third-order valence-corrected chi connectivity index (χ3v) is 5.11. The van der Waals surface area contributed by atoms with Crippen LogP contribution < -0.4 is 10.6 Å². The van der Waals surface area contributed by atoms with Crippen LogP contribution in [0, 0.1) is 6.92 Å². The van der Waals surface area contributed by atoms with E-state index in [9.17, 15) is 9.59 Å². The summed E-state index contributed by atoms with van der Waals surface area (Å²) in [6, 6.07) is 13.2.